The van der Waals surface area contributed by atoms with Gasteiger partial charge in [-0.15, -0.1) is 0 Å². The van der Waals surface area contributed by atoms with Gasteiger partial charge >= 0.3 is 6.47 Å². The van der Waals surface area contributed by atoms with Crippen molar-refractivity contribution in [2.45, 2.75) is 0 Å². The summed E-state index contributed by atoms with van der Waals surface area (Å²) in [4.78, 5) is 13.9. The summed E-state index contributed by atoms with van der Waals surface area (Å²) in [5.74, 6) is 0.132. The summed E-state index contributed by atoms with van der Waals surface area (Å²) in [6.07, 6.45) is 0. The van der Waals surface area contributed by atoms with Gasteiger partial charge in [0.1, 0.15) is 0 Å². The van der Waals surface area contributed by atoms with E-state index in [0.29, 0.717) is 11.3 Å². The summed E-state index contributed by atoms with van der Waals surface area (Å²) in [6, 6.07) is 6.72. The van der Waals surface area contributed by atoms with E-state index in [2.05, 4.69) is 9.99 Å². The van der Waals surface area contributed by atoms with Gasteiger partial charge < -0.3 is 16.3 Å². The highest BCUT2D eigenvalue weighted by Gasteiger charge is 1.97. The number of carbonyl (C=O) groups excluding carboxylic acids is 1. The normalized spacial score (nSPS) is 10.9. The van der Waals surface area contributed by atoms with Gasteiger partial charge in [0, 0.05) is 11.3 Å². The predicted octanol–water partition coefficient (Wildman–Crippen LogP) is 0.0621. The zero-order valence-electron chi connectivity index (χ0n) is 6.81. The molecule has 0 spiro atoms. The Morgan fingerprint density at radius 3 is 2.54 bits per heavy atom. The molecule has 0 saturated heterocycles. The molecular weight excluding hydrogens is 170 g/mol. The molecule has 0 heterocycles. The Morgan fingerprint density at radius 2 is 2.00 bits per heavy atom. The molecule has 0 aliphatic rings. The number of rotatable bonds is 3. The molecule has 0 amide bonds. The molecule has 0 aliphatic carbocycles. The lowest BCUT2D eigenvalue weighted by molar-refractivity contribution is -0.128. The second-order valence-electron chi connectivity index (χ2n) is 2.30. The summed E-state index contributed by atoms with van der Waals surface area (Å²) >= 11 is 0. The molecular formula is C8H9N3O2. The van der Waals surface area contributed by atoms with Crippen molar-refractivity contribution >= 4 is 18.0 Å². The molecule has 5 nitrogen and oxygen atoms in total. The van der Waals surface area contributed by atoms with Crippen molar-refractivity contribution in [1.29, 1.82) is 0 Å². The van der Waals surface area contributed by atoms with Crippen LogP contribution in [0.15, 0.2) is 29.4 Å². The van der Waals surface area contributed by atoms with Gasteiger partial charge in [-0.3, -0.25) is 4.79 Å². The molecule has 0 fully saturated rings. The molecule has 0 saturated carbocycles. The lowest BCUT2D eigenvalue weighted by atomic mass is 10.2. The Morgan fingerprint density at radius 1 is 1.38 bits per heavy atom. The highest BCUT2D eigenvalue weighted by molar-refractivity contribution is 5.97. The van der Waals surface area contributed by atoms with E-state index in [9.17, 15) is 4.79 Å². The van der Waals surface area contributed by atoms with Crippen molar-refractivity contribution in [2.24, 2.45) is 10.9 Å². The molecule has 0 unspecified atom stereocenters. The number of carbonyl (C=O) groups is 1. The molecule has 0 radical (unpaired) electrons. The van der Waals surface area contributed by atoms with Crippen molar-refractivity contribution in [3.8, 4) is 0 Å². The van der Waals surface area contributed by atoms with Gasteiger partial charge in [0.05, 0.1) is 0 Å². The number of anilines is 1. The highest BCUT2D eigenvalue weighted by atomic mass is 16.7. The largest absolute Gasteiger partial charge is 0.399 e. The van der Waals surface area contributed by atoms with Crippen LogP contribution in [0.1, 0.15) is 5.56 Å². The van der Waals surface area contributed by atoms with Gasteiger partial charge in [-0.2, -0.15) is 0 Å². The first kappa shape index (κ1) is 9.05. The molecule has 1 aromatic rings. The van der Waals surface area contributed by atoms with Gasteiger partial charge in [0.15, 0.2) is 5.84 Å². The first-order valence-electron chi connectivity index (χ1n) is 3.53. The van der Waals surface area contributed by atoms with Crippen LogP contribution in [0.3, 0.4) is 0 Å². The predicted molar refractivity (Wildman–Crippen MR) is 48.7 cm³/mol. The maximum atomic E-state index is 9.79. The summed E-state index contributed by atoms with van der Waals surface area (Å²) < 4.78 is 0. The van der Waals surface area contributed by atoms with Gasteiger partial charge in [-0.05, 0) is 24.3 Å². The number of benzene rings is 1. The zero-order chi connectivity index (χ0) is 9.68. The van der Waals surface area contributed by atoms with Crippen molar-refractivity contribution < 1.29 is 9.63 Å². The average Bonchev–Trinajstić information content (AvgIpc) is 2.15. The van der Waals surface area contributed by atoms with Crippen LogP contribution in [-0.4, -0.2) is 12.3 Å². The lowest BCUT2D eigenvalue weighted by Crippen LogP contribution is -2.13. The van der Waals surface area contributed by atoms with E-state index in [-0.39, 0.29) is 12.3 Å². The average molecular weight is 179 g/mol. The van der Waals surface area contributed by atoms with Crippen LogP contribution in [0.2, 0.25) is 0 Å². The number of nitrogen functional groups attached to an aromatic ring is 1. The van der Waals surface area contributed by atoms with Crippen LogP contribution in [0.25, 0.3) is 0 Å². The minimum Gasteiger partial charge on any atom is -0.399 e. The van der Waals surface area contributed by atoms with Crippen molar-refractivity contribution in [1.82, 2.24) is 0 Å². The van der Waals surface area contributed by atoms with Crippen LogP contribution in [-0.2, 0) is 9.63 Å². The second kappa shape index (κ2) is 4.10. The Bertz CT molecular complexity index is 319. The van der Waals surface area contributed by atoms with Crippen LogP contribution < -0.4 is 11.5 Å². The van der Waals surface area contributed by atoms with Gasteiger partial charge in [0.2, 0.25) is 0 Å². The van der Waals surface area contributed by atoms with Crippen LogP contribution in [0.5, 0.6) is 0 Å². The van der Waals surface area contributed by atoms with Crippen LogP contribution in [0, 0.1) is 0 Å². The molecule has 0 aromatic heterocycles. The number of amidine groups is 1. The summed E-state index contributed by atoms with van der Waals surface area (Å²) in [5.41, 5.74) is 12.2. The van der Waals surface area contributed by atoms with Gasteiger partial charge in [-0.25, -0.2) is 0 Å². The molecule has 0 atom stereocenters. The van der Waals surface area contributed by atoms with Crippen LogP contribution in [0.4, 0.5) is 5.69 Å². The minimum absolute atomic E-state index is 0.132. The number of nitrogens with zero attached hydrogens (tertiary/aromatic N) is 1. The first-order valence-corrected chi connectivity index (χ1v) is 3.53. The highest BCUT2D eigenvalue weighted by Crippen LogP contribution is 2.04. The standard InChI is InChI=1S/C8H9N3O2/c9-7-3-1-6(2-4-7)8(10)11-13-5-12/h1-5H,9H2,(H2,10,11). The Hall–Kier alpha value is -2.04. The van der Waals surface area contributed by atoms with Gasteiger partial charge in [-0.1, -0.05) is 5.16 Å². The van der Waals surface area contributed by atoms with Gasteiger partial charge in [0.25, 0.3) is 0 Å². The fourth-order valence-electron chi connectivity index (χ4n) is 0.785. The van der Waals surface area contributed by atoms with Crippen molar-refractivity contribution in [2.75, 3.05) is 5.73 Å². The number of nitrogens with two attached hydrogens (primary N) is 2. The number of hydrogen-bond acceptors (Lipinski definition) is 4. The van der Waals surface area contributed by atoms with E-state index in [1.165, 1.54) is 0 Å². The first-order chi connectivity index (χ1) is 6.24. The molecule has 4 N–H and O–H groups in total. The maximum Gasteiger partial charge on any atom is 0.323 e. The second-order valence-corrected chi connectivity index (χ2v) is 2.30. The fourth-order valence-corrected chi connectivity index (χ4v) is 0.785. The molecule has 1 aromatic carbocycles. The smallest absolute Gasteiger partial charge is 0.323 e. The zero-order valence-corrected chi connectivity index (χ0v) is 6.81. The molecule has 13 heavy (non-hydrogen) atoms. The van der Waals surface area contributed by atoms with E-state index >= 15 is 0 Å². The monoisotopic (exact) mass is 179 g/mol. The van der Waals surface area contributed by atoms with Crippen molar-refractivity contribution in [3.05, 3.63) is 29.8 Å². The quantitative estimate of drug-likeness (QED) is 0.171. The molecule has 0 bridgehead atoms. The Balaban J connectivity index is 2.82. The number of oxime groups is 1. The molecule has 5 heteroatoms. The third-order valence-corrected chi connectivity index (χ3v) is 1.40. The molecule has 0 aliphatic heterocycles. The van der Waals surface area contributed by atoms with E-state index in [4.69, 9.17) is 11.5 Å². The van der Waals surface area contributed by atoms with Crippen LogP contribution >= 0.6 is 0 Å². The summed E-state index contributed by atoms with van der Waals surface area (Å²) in [5, 5.41) is 3.33. The summed E-state index contributed by atoms with van der Waals surface area (Å²) in [7, 11) is 0. The third-order valence-electron chi connectivity index (χ3n) is 1.40. The fraction of sp³-hybridized carbons (Fsp3) is 0. The Labute approximate surface area is 75.0 Å². The summed E-state index contributed by atoms with van der Waals surface area (Å²) in [6.45, 7) is 0.199. The topological polar surface area (TPSA) is 90.7 Å². The van der Waals surface area contributed by atoms with E-state index in [0.717, 1.165) is 0 Å². The third kappa shape index (κ3) is 2.48. The minimum atomic E-state index is 0.132. The van der Waals surface area contributed by atoms with E-state index in [1.54, 1.807) is 24.3 Å². The maximum absolute atomic E-state index is 9.79. The lowest BCUT2D eigenvalue weighted by Gasteiger charge is -1.98. The van der Waals surface area contributed by atoms with E-state index < -0.39 is 0 Å². The molecule has 1 rings (SSSR count). The number of hydrogen-bond donors (Lipinski definition) is 2. The molecule has 68 valence electrons. The van der Waals surface area contributed by atoms with Crippen molar-refractivity contribution in [3.63, 3.8) is 0 Å². The van der Waals surface area contributed by atoms with E-state index in [1.807, 2.05) is 0 Å². The SMILES string of the molecule is N/C(=N\OC=O)c1ccc(N)cc1. The Kier molecular flexibility index (Phi) is 2.86.